The Balaban J connectivity index is 0.000000344. The van der Waals surface area contributed by atoms with E-state index < -0.39 is 12.1 Å². The van der Waals surface area contributed by atoms with Crippen molar-refractivity contribution in [1.82, 2.24) is 20.1 Å². The summed E-state index contributed by atoms with van der Waals surface area (Å²) in [6.45, 7) is 1.28. The fourth-order valence-corrected chi connectivity index (χ4v) is 3.74. The number of benzene rings is 2. The molecule has 0 radical (unpaired) electrons. The number of H-pyrrole nitrogens is 1. The van der Waals surface area contributed by atoms with Crippen molar-refractivity contribution in [2.75, 3.05) is 6.54 Å². The monoisotopic (exact) mass is 468 g/mol. The van der Waals surface area contributed by atoms with Gasteiger partial charge < -0.3 is 10.0 Å². The number of carbonyl (C=O) groups is 2. The average molecular weight is 468 g/mol. The number of alkyl halides is 3. The number of para-hydroxylation sites is 1. The maximum atomic E-state index is 12.8. The Bertz CT molecular complexity index is 1340. The zero-order valence-corrected chi connectivity index (χ0v) is 17.7. The predicted molar refractivity (Wildman–Crippen MR) is 118 cm³/mol. The van der Waals surface area contributed by atoms with Gasteiger partial charge in [-0.3, -0.25) is 14.9 Å². The molecule has 1 amide bonds. The number of carbonyl (C=O) groups excluding carboxylic acids is 1. The molecule has 0 bridgehead atoms. The van der Waals surface area contributed by atoms with Crippen molar-refractivity contribution >= 4 is 22.8 Å². The molecule has 1 aliphatic rings. The molecule has 2 N–H and O–H groups in total. The van der Waals surface area contributed by atoms with E-state index in [1.807, 2.05) is 53.6 Å². The summed E-state index contributed by atoms with van der Waals surface area (Å²) in [6, 6.07) is 18.1. The van der Waals surface area contributed by atoms with E-state index in [9.17, 15) is 18.0 Å². The van der Waals surface area contributed by atoms with E-state index in [1.54, 1.807) is 6.20 Å². The third-order valence-electron chi connectivity index (χ3n) is 5.39. The molecule has 2 aromatic heterocycles. The topological polar surface area (TPSA) is 99.2 Å². The number of nitrogens with one attached hydrogen (secondary N) is 1. The fourth-order valence-electron chi connectivity index (χ4n) is 3.74. The number of amides is 1. The van der Waals surface area contributed by atoms with E-state index in [4.69, 9.17) is 14.9 Å². The quantitative estimate of drug-likeness (QED) is 0.461. The van der Waals surface area contributed by atoms with E-state index in [1.165, 1.54) is 0 Å². The number of hydrogen-bond donors (Lipinski definition) is 2. The van der Waals surface area contributed by atoms with Crippen LogP contribution in [-0.2, 0) is 17.8 Å². The average Bonchev–Trinajstić information content (AvgIpc) is 3.46. The number of pyridine rings is 1. The third kappa shape index (κ3) is 4.90. The number of carboxylic acid groups (broad SMARTS) is 1. The standard InChI is InChI=1S/C22H18N4O.C2HF3O2/c27-22-19-6-3-5-18(16-12-23-24-13-16)20(19)14-26(22)11-10-17-9-8-15-4-1-2-7-21(15)25-17;3-2(4,5)1(6)7/h1-9,12-13H,10-11,14H2,(H,23,24);(H,6,7). The summed E-state index contributed by atoms with van der Waals surface area (Å²) in [5.74, 6) is -2.66. The number of hydrogen-bond acceptors (Lipinski definition) is 4. The molecule has 0 spiro atoms. The molecule has 0 saturated heterocycles. The first-order chi connectivity index (χ1) is 16.2. The molecule has 0 atom stereocenters. The first kappa shape index (κ1) is 23.0. The van der Waals surface area contributed by atoms with Gasteiger partial charge in [-0.2, -0.15) is 18.3 Å². The molecule has 0 aliphatic carbocycles. The first-order valence-electron chi connectivity index (χ1n) is 10.3. The molecule has 0 fully saturated rings. The van der Waals surface area contributed by atoms with Crippen molar-refractivity contribution in [3.05, 3.63) is 83.8 Å². The predicted octanol–water partition coefficient (Wildman–Crippen LogP) is 4.46. The molecular formula is C24H19F3N4O3. The number of carboxylic acids is 1. The van der Waals surface area contributed by atoms with Crippen molar-refractivity contribution < 1.29 is 27.9 Å². The van der Waals surface area contributed by atoms with Crippen molar-refractivity contribution in [3.63, 3.8) is 0 Å². The Labute approximate surface area is 191 Å². The number of aromatic amines is 1. The van der Waals surface area contributed by atoms with Crippen LogP contribution in [0.15, 0.2) is 67.0 Å². The zero-order valence-electron chi connectivity index (χ0n) is 17.7. The van der Waals surface area contributed by atoms with Gasteiger partial charge in [0.15, 0.2) is 0 Å². The minimum atomic E-state index is -5.08. The highest BCUT2D eigenvalue weighted by Gasteiger charge is 2.38. The van der Waals surface area contributed by atoms with Crippen LogP contribution in [0.25, 0.3) is 22.0 Å². The van der Waals surface area contributed by atoms with Gasteiger partial charge in [0.2, 0.25) is 0 Å². The Hall–Kier alpha value is -4.21. The first-order valence-corrected chi connectivity index (χ1v) is 10.3. The maximum Gasteiger partial charge on any atom is 0.490 e. The summed E-state index contributed by atoms with van der Waals surface area (Å²) in [4.78, 5) is 28.4. The molecule has 0 unspecified atom stereocenters. The number of rotatable bonds is 4. The van der Waals surface area contributed by atoms with Crippen LogP contribution in [0.1, 0.15) is 21.6 Å². The molecule has 5 rings (SSSR count). The minimum Gasteiger partial charge on any atom is -0.475 e. The number of halogens is 3. The lowest BCUT2D eigenvalue weighted by atomic mass is 9.99. The van der Waals surface area contributed by atoms with Gasteiger partial charge in [-0.15, -0.1) is 0 Å². The molecule has 2 aromatic carbocycles. The Kier molecular flexibility index (Phi) is 6.31. The molecule has 174 valence electrons. The summed E-state index contributed by atoms with van der Waals surface area (Å²) >= 11 is 0. The van der Waals surface area contributed by atoms with Crippen molar-refractivity contribution in [1.29, 1.82) is 0 Å². The van der Waals surface area contributed by atoms with Crippen LogP contribution >= 0.6 is 0 Å². The van der Waals surface area contributed by atoms with E-state index in [0.29, 0.717) is 13.1 Å². The van der Waals surface area contributed by atoms with Crippen LogP contribution < -0.4 is 0 Å². The van der Waals surface area contributed by atoms with Crippen LogP contribution in [0, 0.1) is 0 Å². The summed E-state index contributed by atoms with van der Waals surface area (Å²) < 4.78 is 31.7. The second-order valence-electron chi connectivity index (χ2n) is 7.59. The van der Waals surface area contributed by atoms with Gasteiger partial charge in [-0.1, -0.05) is 36.4 Å². The minimum absolute atomic E-state index is 0.0936. The summed E-state index contributed by atoms with van der Waals surface area (Å²) in [7, 11) is 0. The largest absolute Gasteiger partial charge is 0.490 e. The normalized spacial score (nSPS) is 12.9. The lowest BCUT2D eigenvalue weighted by Crippen LogP contribution is -2.26. The van der Waals surface area contributed by atoms with Crippen molar-refractivity contribution in [2.24, 2.45) is 0 Å². The van der Waals surface area contributed by atoms with E-state index in [-0.39, 0.29) is 5.91 Å². The smallest absolute Gasteiger partial charge is 0.475 e. The van der Waals surface area contributed by atoms with E-state index >= 15 is 0 Å². The Morgan fingerprint density at radius 1 is 1.06 bits per heavy atom. The van der Waals surface area contributed by atoms with Crippen LogP contribution in [-0.4, -0.2) is 49.8 Å². The highest BCUT2D eigenvalue weighted by Crippen LogP contribution is 2.32. The van der Waals surface area contributed by atoms with Gasteiger partial charge in [-0.25, -0.2) is 4.79 Å². The van der Waals surface area contributed by atoms with Gasteiger partial charge in [-0.05, 0) is 29.3 Å². The maximum absolute atomic E-state index is 12.8. The molecular weight excluding hydrogens is 449 g/mol. The highest BCUT2D eigenvalue weighted by atomic mass is 19.4. The molecule has 1 aliphatic heterocycles. The van der Waals surface area contributed by atoms with Gasteiger partial charge >= 0.3 is 12.1 Å². The second kappa shape index (κ2) is 9.34. The number of aliphatic carboxylic acids is 1. The van der Waals surface area contributed by atoms with Crippen molar-refractivity contribution in [3.8, 4) is 11.1 Å². The lowest BCUT2D eigenvalue weighted by Gasteiger charge is -2.15. The summed E-state index contributed by atoms with van der Waals surface area (Å²) in [6.07, 6.45) is -0.685. The van der Waals surface area contributed by atoms with Crippen LogP contribution in [0.4, 0.5) is 13.2 Å². The Morgan fingerprint density at radius 2 is 1.79 bits per heavy atom. The summed E-state index contributed by atoms with van der Waals surface area (Å²) in [5.41, 5.74) is 5.95. The van der Waals surface area contributed by atoms with Crippen LogP contribution in [0.5, 0.6) is 0 Å². The van der Waals surface area contributed by atoms with E-state index in [2.05, 4.69) is 22.3 Å². The number of nitrogens with zero attached hydrogens (tertiary/aromatic N) is 3. The van der Waals surface area contributed by atoms with Gasteiger partial charge in [0.25, 0.3) is 5.91 Å². The molecule has 34 heavy (non-hydrogen) atoms. The van der Waals surface area contributed by atoms with Crippen LogP contribution in [0.2, 0.25) is 0 Å². The molecule has 0 saturated carbocycles. The highest BCUT2D eigenvalue weighted by molar-refractivity contribution is 6.00. The third-order valence-corrected chi connectivity index (χ3v) is 5.39. The molecule has 4 aromatic rings. The summed E-state index contributed by atoms with van der Waals surface area (Å²) in [5, 5.41) is 15.1. The van der Waals surface area contributed by atoms with E-state index in [0.717, 1.165) is 45.3 Å². The second-order valence-corrected chi connectivity index (χ2v) is 7.59. The zero-order chi connectivity index (χ0) is 24.3. The lowest BCUT2D eigenvalue weighted by molar-refractivity contribution is -0.192. The van der Waals surface area contributed by atoms with Gasteiger partial charge in [0, 0.05) is 47.9 Å². The Morgan fingerprint density at radius 3 is 2.50 bits per heavy atom. The molecule has 7 nitrogen and oxygen atoms in total. The SMILES string of the molecule is O=C(O)C(F)(F)F.O=C1c2cccc(-c3cn[nH]c3)c2CN1CCc1ccc2ccccc2n1. The van der Waals surface area contributed by atoms with Crippen molar-refractivity contribution in [2.45, 2.75) is 19.1 Å². The number of fused-ring (bicyclic) bond motifs is 2. The van der Waals surface area contributed by atoms with Crippen LogP contribution in [0.3, 0.4) is 0 Å². The van der Waals surface area contributed by atoms with Gasteiger partial charge in [0.05, 0.1) is 11.7 Å². The number of aromatic nitrogens is 3. The molecule has 10 heteroatoms. The van der Waals surface area contributed by atoms with Gasteiger partial charge in [0.1, 0.15) is 0 Å². The molecule has 3 heterocycles. The fraction of sp³-hybridized carbons (Fsp3) is 0.167.